The number of thiophene rings is 1. The van der Waals surface area contributed by atoms with Crippen molar-refractivity contribution in [3.05, 3.63) is 57.8 Å². The molecule has 0 saturated heterocycles. The molecule has 2 aromatic rings. The average molecular weight is 243 g/mol. The molecule has 1 aromatic carbocycles. The van der Waals surface area contributed by atoms with Crippen LogP contribution in [0.5, 0.6) is 0 Å². The van der Waals surface area contributed by atoms with Crippen LogP contribution in [0.3, 0.4) is 0 Å². The summed E-state index contributed by atoms with van der Waals surface area (Å²) in [7, 11) is 0. The monoisotopic (exact) mass is 243 g/mol. The van der Waals surface area contributed by atoms with Gasteiger partial charge >= 0.3 is 0 Å². The Labute approximate surface area is 104 Å². The van der Waals surface area contributed by atoms with Crippen LogP contribution in [0.15, 0.2) is 41.8 Å². The molecule has 0 bridgehead atoms. The van der Waals surface area contributed by atoms with Gasteiger partial charge < -0.3 is 5.32 Å². The molecular weight excluding hydrogens is 230 g/mol. The van der Waals surface area contributed by atoms with E-state index in [4.69, 9.17) is 0 Å². The van der Waals surface area contributed by atoms with Crippen LogP contribution >= 0.6 is 11.3 Å². The van der Waals surface area contributed by atoms with E-state index >= 15 is 0 Å². The van der Waals surface area contributed by atoms with E-state index in [0.717, 1.165) is 18.0 Å². The fourth-order valence-corrected chi connectivity index (χ4v) is 3.04. The Kier molecular flexibility index (Phi) is 2.79. The van der Waals surface area contributed by atoms with Gasteiger partial charge in [0, 0.05) is 13.1 Å². The Morgan fingerprint density at radius 1 is 1.24 bits per heavy atom. The highest BCUT2D eigenvalue weighted by Gasteiger charge is 2.27. The third-order valence-electron chi connectivity index (χ3n) is 3.17. The smallest absolute Gasteiger partial charge is 0.181 e. The van der Waals surface area contributed by atoms with E-state index in [-0.39, 0.29) is 11.7 Å². The fourth-order valence-electron chi connectivity index (χ4n) is 2.32. The lowest BCUT2D eigenvalue weighted by Crippen LogP contribution is -2.32. The van der Waals surface area contributed by atoms with Crippen LogP contribution in [-0.4, -0.2) is 12.3 Å². The molecule has 1 aromatic heterocycles. The molecule has 2 heterocycles. The number of benzene rings is 1. The van der Waals surface area contributed by atoms with Gasteiger partial charge in [-0.05, 0) is 22.6 Å². The summed E-state index contributed by atoms with van der Waals surface area (Å²) in [6.45, 7) is 1.61. The van der Waals surface area contributed by atoms with Gasteiger partial charge in [-0.25, -0.2) is 0 Å². The Morgan fingerprint density at radius 3 is 2.94 bits per heavy atom. The van der Waals surface area contributed by atoms with Crippen LogP contribution < -0.4 is 5.32 Å². The van der Waals surface area contributed by atoms with Crippen molar-refractivity contribution in [2.75, 3.05) is 6.54 Å². The minimum atomic E-state index is -0.0291. The fraction of sp³-hybridized carbons (Fsp3) is 0.214. The first-order valence-corrected chi connectivity index (χ1v) is 6.60. The highest BCUT2D eigenvalue weighted by molar-refractivity contribution is 7.12. The lowest BCUT2D eigenvalue weighted by atomic mass is 9.87. The summed E-state index contributed by atoms with van der Waals surface area (Å²) in [5.41, 5.74) is 2.43. The molecule has 3 heteroatoms. The van der Waals surface area contributed by atoms with E-state index in [2.05, 4.69) is 17.4 Å². The van der Waals surface area contributed by atoms with E-state index in [1.165, 1.54) is 22.5 Å². The number of rotatable bonds is 2. The molecule has 1 aliphatic rings. The van der Waals surface area contributed by atoms with Gasteiger partial charge in [-0.1, -0.05) is 30.3 Å². The Morgan fingerprint density at radius 2 is 2.12 bits per heavy atom. The van der Waals surface area contributed by atoms with Crippen LogP contribution in [0.1, 0.15) is 26.7 Å². The summed E-state index contributed by atoms with van der Waals surface area (Å²) in [4.78, 5) is 13.2. The molecule has 1 atom stereocenters. The van der Waals surface area contributed by atoms with E-state index in [9.17, 15) is 4.79 Å². The minimum absolute atomic E-state index is 0.0291. The highest BCUT2D eigenvalue weighted by atomic mass is 32.1. The van der Waals surface area contributed by atoms with E-state index in [1.807, 2.05) is 29.6 Å². The van der Waals surface area contributed by atoms with Gasteiger partial charge in [-0.15, -0.1) is 11.3 Å². The van der Waals surface area contributed by atoms with E-state index in [0.29, 0.717) is 0 Å². The molecule has 17 heavy (non-hydrogen) atoms. The van der Waals surface area contributed by atoms with Gasteiger partial charge in [0.25, 0.3) is 0 Å². The molecule has 0 radical (unpaired) electrons. The summed E-state index contributed by atoms with van der Waals surface area (Å²) >= 11 is 1.52. The van der Waals surface area contributed by atoms with Gasteiger partial charge in [-0.2, -0.15) is 0 Å². The number of hydrogen-bond acceptors (Lipinski definition) is 3. The predicted octanol–water partition coefficient (Wildman–Crippen LogP) is 2.82. The molecule has 1 N–H and O–H groups in total. The predicted molar refractivity (Wildman–Crippen MR) is 69.5 cm³/mol. The normalized spacial score (nSPS) is 18.7. The molecule has 1 unspecified atom stereocenters. The van der Waals surface area contributed by atoms with Crippen molar-refractivity contribution < 1.29 is 4.79 Å². The maximum absolute atomic E-state index is 12.4. The van der Waals surface area contributed by atoms with Crippen molar-refractivity contribution in [1.29, 1.82) is 0 Å². The maximum Gasteiger partial charge on any atom is 0.181 e. The summed E-state index contributed by atoms with van der Waals surface area (Å²) < 4.78 is 0. The number of carbonyl (C=O) groups is 1. The number of Topliss-reactive ketones (excluding diaryl/α,β-unsaturated/α-hetero) is 1. The quantitative estimate of drug-likeness (QED) is 0.822. The first-order valence-electron chi connectivity index (χ1n) is 5.72. The summed E-state index contributed by atoms with van der Waals surface area (Å²) in [6.07, 6.45) is 0. The molecule has 3 rings (SSSR count). The zero-order valence-electron chi connectivity index (χ0n) is 9.35. The summed E-state index contributed by atoms with van der Waals surface area (Å²) in [6, 6.07) is 12.0. The van der Waals surface area contributed by atoms with Gasteiger partial charge in [-0.3, -0.25) is 4.79 Å². The number of nitrogens with one attached hydrogen (secondary N) is 1. The van der Waals surface area contributed by atoms with Crippen molar-refractivity contribution in [2.45, 2.75) is 12.5 Å². The lowest BCUT2D eigenvalue weighted by Gasteiger charge is -2.24. The Hall–Kier alpha value is -1.45. The molecule has 0 spiro atoms. The summed E-state index contributed by atoms with van der Waals surface area (Å²) in [5.74, 6) is 0.207. The van der Waals surface area contributed by atoms with Crippen molar-refractivity contribution in [3.8, 4) is 0 Å². The second-order valence-corrected chi connectivity index (χ2v) is 5.17. The van der Waals surface area contributed by atoms with Gasteiger partial charge in [0.15, 0.2) is 5.78 Å². The molecule has 0 aliphatic carbocycles. The average Bonchev–Trinajstić information content (AvgIpc) is 2.91. The van der Waals surface area contributed by atoms with Gasteiger partial charge in [0.05, 0.1) is 10.8 Å². The van der Waals surface area contributed by atoms with Crippen LogP contribution in [0.2, 0.25) is 0 Å². The molecule has 0 amide bonds. The number of hydrogen-bond donors (Lipinski definition) is 1. The topological polar surface area (TPSA) is 29.1 Å². The van der Waals surface area contributed by atoms with Crippen LogP contribution in [-0.2, 0) is 6.54 Å². The zero-order chi connectivity index (χ0) is 11.7. The number of carbonyl (C=O) groups excluding carboxylic acids is 1. The van der Waals surface area contributed by atoms with Crippen molar-refractivity contribution in [3.63, 3.8) is 0 Å². The lowest BCUT2D eigenvalue weighted by molar-refractivity contribution is 0.0959. The SMILES string of the molecule is O=C(c1cccs1)C1CNCc2ccccc21. The minimum Gasteiger partial charge on any atom is -0.312 e. The van der Waals surface area contributed by atoms with E-state index in [1.54, 1.807) is 0 Å². The van der Waals surface area contributed by atoms with Crippen molar-refractivity contribution in [2.24, 2.45) is 0 Å². The van der Waals surface area contributed by atoms with Crippen molar-refractivity contribution in [1.82, 2.24) is 5.32 Å². The molecule has 2 nitrogen and oxygen atoms in total. The highest BCUT2D eigenvalue weighted by Crippen LogP contribution is 2.28. The second-order valence-electron chi connectivity index (χ2n) is 4.22. The second kappa shape index (κ2) is 4.43. The third-order valence-corrected chi connectivity index (χ3v) is 4.06. The summed E-state index contributed by atoms with van der Waals surface area (Å²) in [5, 5.41) is 5.27. The molecule has 0 fully saturated rings. The largest absolute Gasteiger partial charge is 0.312 e. The third kappa shape index (κ3) is 1.92. The number of ketones is 1. The van der Waals surface area contributed by atoms with Crippen molar-refractivity contribution >= 4 is 17.1 Å². The molecular formula is C14H13NOS. The molecule has 0 saturated carbocycles. The Bertz CT molecular complexity index is 533. The van der Waals surface area contributed by atoms with Crippen LogP contribution in [0.4, 0.5) is 0 Å². The first-order chi connectivity index (χ1) is 8.36. The molecule has 86 valence electrons. The maximum atomic E-state index is 12.4. The van der Waals surface area contributed by atoms with Crippen LogP contribution in [0.25, 0.3) is 0 Å². The van der Waals surface area contributed by atoms with Gasteiger partial charge in [0.2, 0.25) is 0 Å². The Balaban J connectivity index is 1.98. The zero-order valence-corrected chi connectivity index (χ0v) is 10.2. The standard InChI is InChI=1S/C14H13NOS/c16-14(13-6-3-7-17-13)12-9-15-8-10-4-1-2-5-11(10)12/h1-7,12,15H,8-9H2. The number of fused-ring (bicyclic) bond motifs is 1. The van der Waals surface area contributed by atoms with E-state index < -0.39 is 0 Å². The molecule has 1 aliphatic heterocycles. The van der Waals surface area contributed by atoms with Crippen LogP contribution in [0, 0.1) is 0 Å². The van der Waals surface area contributed by atoms with Gasteiger partial charge in [0.1, 0.15) is 0 Å². The first kappa shape index (κ1) is 10.7.